The number of rotatable bonds is 5. The number of aromatic hydroxyl groups is 1. The molecule has 2 rings (SSSR count). The van der Waals surface area contributed by atoms with Crippen molar-refractivity contribution < 1.29 is 14.6 Å². The third-order valence-electron chi connectivity index (χ3n) is 2.97. The number of amides is 1. The molecule has 0 saturated carbocycles. The molecule has 4 N–H and O–H groups in total. The quantitative estimate of drug-likeness (QED) is 0.679. The van der Waals surface area contributed by atoms with Crippen molar-refractivity contribution in [2.24, 2.45) is 0 Å². The lowest BCUT2D eigenvalue weighted by molar-refractivity contribution is 0.0635. The van der Waals surface area contributed by atoms with Gasteiger partial charge in [-0.1, -0.05) is 18.2 Å². The van der Waals surface area contributed by atoms with Crippen LogP contribution >= 0.6 is 0 Å². The lowest BCUT2D eigenvalue weighted by Gasteiger charge is -2.19. The molecule has 0 fully saturated rings. The Morgan fingerprint density at radius 3 is 2.65 bits per heavy atom. The zero-order chi connectivity index (χ0) is 16.9. The number of aromatic nitrogens is 2. The first kappa shape index (κ1) is 16.8. The Morgan fingerprint density at radius 2 is 1.96 bits per heavy atom. The van der Waals surface area contributed by atoms with E-state index in [0.29, 0.717) is 18.9 Å². The van der Waals surface area contributed by atoms with Crippen LogP contribution in [0.5, 0.6) is 5.75 Å². The zero-order valence-electron chi connectivity index (χ0n) is 13.5. The van der Waals surface area contributed by atoms with Gasteiger partial charge in [0.05, 0.1) is 6.20 Å². The summed E-state index contributed by atoms with van der Waals surface area (Å²) < 4.78 is 5.20. The molecule has 0 aliphatic heterocycles. The molecule has 1 aromatic heterocycles. The summed E-state index contributed by atoms with van der Waals surface area (Å²) in [6.07, 6.45) is 1.09. The van der Waals surface area contributed by atoms with E-state index < -0.39 is 11.7 Å². The van der Waals surface area contributed by atoms with E-state index in [0.717, 1.165) is 11.1 Å². The third kappa shape index (κ3) is 5.30. The fourth-order valence-electron chi connectivity index (χ4n) is 1.95. The molecule has 0 aliphatic carbocycles. The van der Waals surface area contributed by atoms with Crippen molar-refractivity contribution in [3.05, 3.63) is 41.6 Å². The van der Waals surface area contributed by atoms with Crippen molar-refractivity contribution >= 4 is 11.9 Å². The third-order valence-corrected chi connectivity index (χ3v) is 2.97. The molecule has 2 aromatic rings. The predicted octanol–water partition coefficient (Wildman–Crippen LogP) is 2.75. The largest absolute Gasteiger partial charge is 0.508 e. The number of ether oxygens (including phenoxy) is 1. The van der Waals surface area contributed by atoms with Crippen molar-refractivity contribution in [1.82, 2.24) is 15.5 Å². The van der Waals surface area contributed by atoms with Crippen LogP contribution in [0.4, 0.5) is 10.6 Å². The lowest BCUT2D eigenvalue weighted by Crippen LogP contribution is -2.27. The zero-order valence-corrected chi connectivity index (χ0v) is 13.5. The number of nitrogens with one attached hydrogen (secondary N) is 3. The molecule has 1 amide bonds. The first-order chi connectivity index (χ1) is 10.8. The Morgan fingerprint density at radius 1 is 1.26 bits per heavy atom. The SMILES string of the molecule is CC(C)(C)OC(=O)Nc1[nH]ncc1CNCc1ccccc1O. The van der Waals surface area contributed by atoms with Crippen LogP contribution in [0.1, 0.15) is 31.9 Å². The summed E-state index contributed by atoms with van der Waals surface area (Å²) >= 11 is 0. The molecule has 1 aromatic carbocycles. The van der Waals surface area contributed by atoms with Crippen LogP contribution in [-0.4, -0.2) is 27.0 Å². The smallest absolute Gasteiger partial charge is 0.413 e. The maximum absolute atomic E-state index is 11.8. The fourth-order valence-corrected chi connectivity index (χ4v) is 1.95. The van der Waals surface area contributed by atoms with E-state index in [9.17, 15) is 9.90 Å². The highest BCUT2D eigenvalue weighted by Crippen LogP contribution is 2.16. The van der Waals surface area contributed by atoms with Gasteiger partial charge < -0.3 is 15.2 Å². The Hall–Kier alpha value is -2.54. The minimum atomic E-state index is -0.562. The van der Waals surface area contributed by atoms with Gasteiger partial charge in [-0.25, -0.2) is 4.79 Å². The van der Waals surface area contributed by atoms with Gasteiger partial charge in [0.2, 0.25) is 0 Å². The summed E-state index contributed by atoms with van der Waals surface area (Å²) in [4.78, 5) is 11.8. The van der Waals surface area contributed by atoms with E-state index in [-0.39, 0.29) is 5.75 Å². The molecule has 1 heterocycles. The number of hydrogen-bond donors (Lipinski definition) is 4. The van der Waals surface area contributed by atoms with E-state index >= 15 is 0 Å². The van der Waals surface area contributed by atoms with E-state index in [1.165, 1.54) is 0 Å². The van der Waals surface area contributed by atoms with Crippen molar-refractivity contribution in [3.8, 4) is 5.75 Å². The van der Waals surface area contributed by atoms with Crippen molar-refractivity contribution in [2.45, 2.75) is 39.5 Å². The number of hydrogen-bond acceptors (Lipinski definition) is 5. The summed E-state index contributed by atoms with van der Waals surface area (Å²) in [7, 11) is 0. The normalized spacial score (nSPS) is 11.3. The summed E-state index contributed by atoms with van der Waals surface area (Å²) in [6, 6.07) is 7.13. The summed E-state index contributed by atoms with van der Waals surface area (Å²) in [5.41, 5.74) is 1.04. The van der Waals surface area contributed by atoms with Gasteiger partial charge in [-0.2, -0.15) is 5.10 Å². The van der Waals surface area contributed by atoms with Gasteiger partial charge in [0.25, 0.3) is 0 Å². The molecule has 0 atom stereocenters. The number of H-pyrrole nitrogens is 1. The van der Waals surface area contributed by atoms with Crippen LogP contribution in [0.3, 0.4) is 0 Å². The molecule has 0 bridgehead atoms. The van der Waals surface area contributed by atoms with Gasteiger partial charge in [0.15, 0.2) is 0 Å². The van der Waals surface area contributed by atoms with Gasteiger partial charge in [-0.3, -0.25) is 10.4 Å². The summed E-state index contributed by atoms with van der Waals surface area (Å²) in [6.45, 7) is 6.39. The summed E-state index contributed by atoms with van der Waals surface area (Å²) in [5.74, 6) is 0.739. The van der Waals surface area contributed by atoms with Crippen LogP contribution < -0.4 is 10.6 Å². The van der Waals surface area contributed by atoms with Gasteiger partial charge >= 0.3 is 6.09 Å². The topological polar surface area (TPSA) is 99.3 Å². The molecular formula is C16H22N4O3. The van der Waals surface area contributed by atoms with E-state index in [2.05, 4.69) is 20.8 Å². The van der Waals surface area contributed by atoms with Crippen LogP contribution in [0.2, 0.25) is 0 Å². The van der Waals surface area contributed by atoms with E-state index in [1.807, 2.05) is 12.1 Å². The number of nitrogens with zero attached hydrogens (tertiary/aromatic N) is 1. The molecule has 0 radical (unpaired) electrons. The molecule has 0 aliphatic rings. The number of benzene rings is 1. The second-order valence-electron chi connectivity index (χ2n) is 6.13. The Labute approximate surface area is 135 Å². The maximum atomic E-state index is 11.8. The Bertz CT molecular complexity index is 661. The molecule has 0 saturated heterocycles. The van der Waals surface area contributed by atoms with Crippen LogP contribution in [0, 0.1) is 0 Å². The fraction of sp³-hybridized carbons (Fsp3) is 0.375. The Balaban J connectivity index is 1.89. The number of phenolic OH excluding ortho intramolecular Hbond substituents is 1. The summed E-state index contributed by atoms with van der Waals surface area (Å²) in [5, 5.41) is 22.2. The van der Waals surface area contributed by atoms with Crippen LogP contribution in [0.25, 0.3) is 0 Å². The molecule has 23 heavy (non-hydrogen) atoms. The Kier molecular flexibility index (Phi) is 5.23. The monoisotopic (exact) mass is 318 g/mol. The number of phenols is 1. The van der Waals surface area contributed by atoms with Gasteiger partial charge in [0.1, 0.15) is 17.2 Å². The molecule has 7 nitrogen and oxygen atoms in total. The number of anilines is 1. The van der Waals surface area contributed by atoms with Gasteiger partial charge in [0, 0.05) is 24.2 Å². The number of aromatic amines is 1. The number of carbonyl (C=O) groups is 1. The average Bonchev–Trinajstić information content (AvgIpc) is 2.86. The number of para-hydroxylation sites is 1. The van der Waals surface area contributed by atoms with E-state index in [1.54, 1.807) is 39.1 Å². The minimum absolute atomic E-state index is 0.249. The second-order valence-corrected chi connectivity index (χ2v) is 6.13. The molecule has 7 heteroatoms. The highest BCUT2D eigenvalue weighted by molar-refractivity contribution is 5.84. The predicted molar refractivity (Wildman–Crippen MR) is 87.1 cm³/mol. The first-order valence-corrected chi connectivity index (χ1v) is 7.35. The highest BCUT2D eigenvalue weighted by atomic mass is 16.6. The van der Waals surface area contributed by atoms with Crippen molar-refractivity contribution in [2.75, 3.05) is 5.32 Å². The van der Waals surface area contributed by atoms with Crippen molar-refractivity contribution in [1.29, 1.82) is 0 Å². The van der Waals surface area contributed by atoms with Crippen molar-refractivity contribution in [3.63, 3.8) is 0 Å². The van der Waals surface area contributed by atoms with Crippen LogP contribution in [-0.2, 0) is 17.8 Å². The first-order valence-electron chi connectivity index (χ1n) is 7.35. The van der Waals surface area contributed by atoms with E-state index in [4.69, 9.17) is 4.74 Å². The number of carbonyl (C=O) groups excluding carboxylic acids is 1. The maximum Gasteiger partial charge on any atom is 0.413 e. The second kappa shape index (κ2) is 7.15. The standard InChI is InChI=1S/C16H22N4O3/c1-16(2,3)23-15(22)19-14-12(10-18-20-14)9-17-8-11-6-4-5-7-13(11)21/h4-7,10,17,21H,8-9H2,1-3H3,(H2,18,19,20,22). The van der Waals surface area contributed by atoms with Gasteiger partial charge in [-0.15, -0.1) is 0 Å². The molecule has 0 spiro atoms. The molecular weight excluding hydrogens is 296 g/mol. The molecule has 0 unspecified atom stereocenters. The average molecular weight is 318 g/mol. The van der Waals surface area contributed by atoms with Crippen LogP contribution in [0.15, 0.2) is 30.5 Å². The lowest BCUT2D eigenvalue weighted by atomic mass is 10.2. The molecule has 124 valence electrons. The highest BCUT2D eigenvalue weighted by Gasteiger charge is 2.17. The minimum Gasteiger partial charge on any atom is -0.508 e. The van der Waals surface area contributed by atoms with Gasteiger partial charge in [-0.05, 0) is 26.8 Å².